The van der Waals surface area contributed by atoms with Gasteiger partial charge in [0.15, 0.2) is 0 Å². The lowest BCUT2D eigenvalue weighted by atomic mass is 9.71. The van der Waals surface area contributed by atoms with E-state index < -0.39 is 0 Å². The Labute approximate surface area is 88.4 Å². The molecule has 0 saturated carbocycles. The predicted molar refractivity (Wildman–Crippen MR) is 63.5 cm³/mol. The first-order valence-electron chi connectivity index (χ1n) is 5.68. The Morgan fingerprint density at radius 3 is 1.93 bits per heavy atom. The monoisotopic (exact) mass is 190 g/mol. The van der Waals surface area contributed by atoms with Crippen LogP contribution in [0.25, 0.3) is 0 Å². The van der Waals surface area contributed by atoms with Crippen LogP contribution in [0, 0.1) is 5.92 Å². The van der Waals surface area contributed by atoms with Gasteiger partial charge in [-0.25, -0.2) is 0 Å². The van der Waals surface area contributed by atoms with Gasteiger partial charge < -0.3 is 0 Å². The number of hydrogen-bond acceptors (Lipinski definition) is 0. The van der Waals surface area contributed by atoms with Crippen molar-refractivity contribution in [1.82, 2.24) is 0 Å². The van der Waals surface area contributed by atoms with Crippen molar-refractivity contribution in [3.05, 3.63) is 35.9 Å². The van der Waals surface area contributed by atoms with E-state index in [1.165, 1.54) is 18.4 Å². The van der Waals surface area contributed by atoms with Crippen molar-refractivity contribution < 1.29 is 0 Å². The van der Waals surface area contributed by atoms with E-state index in [-0.39, 0.29) is 0 Å². The van der Waals surface area contributed by atoms with E-state index in [1.807, 2.05) is 0 Å². The molecule has 0 spiro atoms. The molecule has 0 aliphatic carbocycles. The molecular weight excluding hydrogens is 168 g/mol. The summed E-state index contributed by atoms with van der Waals surface area (Å²) in [7, 11) is 0. The second-order valence-corrected chi connectivity index (χ2v) is 4.60. The molecule has 1 aromatic carbocycles. The SMILES string of the molecule is CCC(CC)C(C)(C)c1ccccc1. The van der Waals surface area contributed by atoms with Crippen LogP contribution in [0.4, 0.5) is 0 Å². The first kappa shape index (κ1) is 11.3. The Morgan fingerprint density at radius 1 is 1.00 bits per heavy atom. The van der Waals surface area contributed by atoms with Crippen LogP contribution in [0.3, 0.4) is 0 Å². The third-order valence-corrected chi connectivity index (χ3v) is 3.52. The zero-order valence-electron chi connectivity index (χ0n) is 9.88. The molecule has 0 bridgehead atoms. The van der Waals surface area contributed by atoms with Gasteiger partial charge in [0, 0.05) is 0 Å². The van der Waals surface area contributed by atoms with Crippen molar-refractivity contribution in [2.24, 2.45) is 5.92 Å². The van der Waals surface area contributed by atoms with E-state index in [1.54, 1.807) is 0 Å². The van der Waals surface area contributed by atoms with Crippen LogP contribution < -0.4 is 0 Å². The third kappa shape index (κ3) is 2.17. The Bertz CT molecular complexity index is 255. The van der Waals surface area contributed by atoms with Crippen molar-refractivity contribution in [1.29, 1.82) is 0 Å². The molecule has 0 N–H and O–H groups in total. The highest BCUT2D eigenvalue weighted by Gasteiger charge is 2.28. The van der Waals surface area contributed by atoms with E-state index in [4.69, 9.17) is 0 Å². The zero-order chi connectivity index (χ0) is 10.6. The molecule has 1 aromatic rings. The molecule has 0 aliphatic rings. The summed E-state index contributed by atoms with van der Waals surface area (Å²) in [4.78, 5) is 0. The second kappa shape index (κ2) is 4.63. The minimum atomic E-state index is 0.310. The highest BCUT2D eigenvalue weighted by atomic mass is 14.3. The normalized spacial score (nSPS) is 12.1. The summed E-state index contributed by atoms with van der Waals surface area (Å²) in [5.41, 5.74) is 1.78. The van der Waals surface area contributed by atoms with Crippen LogP contribution in [0.2, 0.25) is 0 Å². The summed E-state index contributed by atoms with van der Waals surface area (Å²) in [5, 5.41) is 0. The molecule has 0 atom stereocenters. The van der Waals surface area contributed by atoms with E-state index in [0.717, 1.165) is 5.92 Å². The molecule has 0 fully saturated rings. The fraction of sp³-hybridized carbons (Fsp3) is 0.571. The van der Waals surface area contributed by atoms with Gasteiger partial charge in [0.25, 0.3) is 0 Å². The van der Waals surface area contributed by atoms with Gasteiger partial charge in [0.2, 0.25) is 0 Å². The second-order valence-electron chi connectivity index (χ2n) is 4.60. The lowest BCUT2D eigenvalue weighted by Gasteiger charge is -2.33. The van der Waals surface area contributed by atoms with Gasteiger partial charge in [0.05, 0.1) is 0 Å². The minimum Gasteiger partial charge on any atom is -0.0651 e. The first-order valence-corrected chi connectivity index (χ1v) is 5.68. The molecule has 0 radical (unpaired) electrons. The summed E-state index contributed by atoms with van der Waals surface area (Å²) in [5.74, 6) is 0.782. The molecule has 0 nitrogen and oxygen atoms in total. The average molecular weight is 190 g/mol. The fourth-order valence-corrected chi connectivity index (χ4v) is 2.41. The highest BCUT2D eigenvalue weighted by molar-refractivity contribution is 5.24. The van der Waals surface area contributed by atoms with Crippen LogP contribution in [0.15, 0.2) is 30.3 Å². The molecule has 0 unspecified atom stereocenters. The average Bonchev–Trinajstić information content (AvgIpc) is 2.20. The first-order chi connectivity index (χ1) is 6.62. The molecule has 0 saturated heterocycles. The van der Waals surface area contributed by atoms with Crippen LogP contribution in [-0.4, -0.2) is 0 Å². The van der Waals surface area contributed by atoms with Crippen LogP contribution in [0.1, 0.15) is 46.1 Å². The number of rotatable bonds is 4. The topological polar surface area (TPSA) is 0 Å². The smallest absolute Gasteiger partial charge is 0.00755 e. The summed E-state index contributed by atoms with van der Waals surface area (Å²) >= 11 is 0. The zero-order valence-corrected chi connectivity index (χ0v) is 9.88. The summed E-state index contributed by atoms with van der Waals surface area (Å²) in [6, 6.07) is 10.9. The summed E-state index contributed by atoms with van der Waals surface area (Å²) in [6.45, 7) is 9.30. The van der Waals surface area contributed by atoms with Crippen LogP contribution in [-0.2, 0) is 5.41 Å². The lowest BCUT2D eigenvalue weighted by Crippen LogP contribution is -2.27. The molecule has 1 rings (SSSR count). The third-order valence-electron chi connectivity index (χ3n) is 3.52. The predicted octanol–water partition coefficient (Wildman–Crippen LogP) is 4.40. The molecule has 0 amide bonds. The molecule has 0 aromatic heterocycles. The van der Waals surface area contributed by atoms with Crippen molar-refractivity contribution in [3.8, 4) is 0 Å². The maximum Gasteiger partial charge on any atom is -0.00755 e. The van der Waals surface area contributed by atoms with Crippen LogP contribution >= 0.6 is 0 Å². The number of benzene rings is 1. The van der Waals surface area contributed by atoms with Crippen molar-refractivity contribution in [2.45, 2.75) is 46.0 Å². The molecule has 0 heterocycles. The van der Waals surface area contributed by atoms with Gasteiger partial charge in [-0.15, -0.1) is 0 Å². The molecule has 14 heavy (non-hydrogen) atoms. The van der Waals surface area contributed by atoms with Gasteiger partial charge in [-0.1, -0.05) is 70.9 Å². The summed E-state index contributed by atoms with van der Waals surface area (Å²) < 4.78 is 0. The maximum absolute atomic E-state index is 2.36. The Balaban J connectivity index is 2.94. The van der Waals surface area contributed by atoms with Gasteiger partial charge in [-0.3, -0.25) is 0 Å². The quantitative estimate of drug-likeness (QED) is 0.660. The van der Waals surface area contributed by atoms with Gasteiger partial charge in [-0.05, 0) is 16.9 Å². The van der Waals surface area contributed by atoms with Gasteiger partial charge in [0.1, 0.15) is 0 Å². The van der Waals surface area contributed by atoms with Crippen molar-refractivity contribution >= 4 is 0 Å². The Kier molecular flexibility index (Phi) is 3.74. The van der Waals surface area contributed by atoms with E-state index in [0.29, 0.717) is 5.41 Å². The van der Waals surface area contributed by atoms with Gasteiger partial charge >= 0.3 is 0 Å². The van der Waals surface area contributed by atoms with Crippen molar-refractivity contribution in [2.75, 3.05) is 0 Å². The highest BCUT2D eigenvalue weighted by Crippen LogP contribution is 2.35. The van der Waals surface area contributed by atoms with Crippen LogP contribution in [0.5, 0.6) is 0 Å². The minimum absolute atomic E-state index is 0.310. The Hall–Kier alpha value is -0.780. The van der Waals surface area contributed by atoms with Crippen molar-refractivity contribution in [3.63, 3.8) is 0 Å². The molecule has 0 heteroatoms. The Morgan fingerprint density at radius 2 is 1.50 bits per heavy atom. The molecule has 0 aliphatic heterocycles. The maximum atomic E-state index is 2.36. The van der Waals surface area contributed by atoms with E-state index >= 15 is 0 Å². The number of hydrogen-bond donors (Lipinski definition) is 0. The van der Waals surface area contributed by atoms with Gasteiger partial charge in [-0.2, -0.15) is 0 Å². The van der Waals surface area contributed by atoms with E-state index in [9.17, 15) is 0 Å². The molecular formula is C14H22. The summed E-state index contributed by atoms with van der Waals surface area (Å²) in [6.07, 6.45) is 2.52. The standard InChI is InChI=1S/C14H22/c1-5-12(6-2)14(3,4)13-10-8-7-9-11-13/h7-12H,5-6H2,1-4H3. The lowest BCUT2D eigenvalue weighted by molar-refractivity contribution is 0.299. The molecule has 78 valence electrons. The fourth-order valence-electron chi connectivity index (χ4n) is 2.41. The largest absolute Gasteiger partial charge is 0.0651 e. The van der Waals surface area contributed by atoms with E-state index in [2.05, 4.69) is 58.0 Å².